The maximum absolute atomic E-state index is 13.2. The standard InChI is InChI=1S/C25H32Cl2N2O2S/c1-4-18(3)28-25(31)23(5-2)29(14-13-19-9-7-6-8-10-19)24(30)17-32-16-20-11-12-21(26)22(27)15-20/h6-12,15,18,23H,4-5,13-14,16-17H2,1-3H3,(H,28,31). The van der Waals surface area contributed by atoms with Gasteiger partial charge in [-0.2, -0.15) is 0 Å². The summed E-state index contributed by atoms with van der Waals surface area (Å²) in [6, 6.07) is 15.1. The summed E-state index contributed by atoms with van der Waals surface area (Å²) in [4.78, 5) is 27.9. The van der Waals surface area contributed by atoms with Crippen LogP contribution in [0.25, 0.3) is 0 Å². The molecular formula is C25H32Cl2N2O2S. The molecule has 174 valence electrons. The van der Waals surface area contributed by atoms with Crippen LogP contribution >= 0.6 is 35.0 Å². The maximum atomic E-state index is 13.2. The van der Waals surface area contributed by atoms with Gasteiger partial charge in [-0.25, -0.2) is 0 Å². The lowest BCUT2D eigenvalue weighted by molar-refractivity contribution is -0.139. The molecule has 7 heteroatoms. The van der Waals surface area contributed by atoms with Gasteiger partial charge in [0.05, 0.1) is 15.8 Å². The fraction of sp³-hybridized carbons (Fsp3) is 0.440. The Morgan fingerprint density at radius 1 is 1.00 bits per heavy atom. The molecule has 0 aliphatic heterocycles. The predicted octanol–water partition coefficient (Wildman–Crippen LogP) is 5.99. The number of carbonyl (C=O) groups is 2. The zero-order valence-electron chi connectivity index (χ0n) is 18.9. The molecule has 2 rings (SSSR count). The Bertz CT molecular complexity index is 880. The van der Waals surface area contributed by atoms with Gasteiger partial charge in [0, 0.05) is 18.3 Å². The highest BCUT2D eigenvalue weighted by molar-refractivity contribution is 7.99. The quantitative estimate of drug-likeness (QED) is 0.394. The van der Waals surface area contributed by atoms with E-state index in [9.17, 15) is 9.59 Å². The Morgan fingerprint density at radius 2 is 1.72 bits per heavy atom. The van der Waals surface area contributed by atoms with E-state index in [0.29, 0.717) is 40.9 Å². The molecule has 0 bridgehead atoms. The lowest BCUT2D eigenvalue weighted by Gasteiger charge is -2.31. The average molecular weight is 496 g/mol. The van der Waals surface area contributed by atoms with E-state index in [1.165, 1.54) is 11.8 Å². The number of hydrogen-bond donors (Lipinski definition) is 1. The molecule has 0 aromatic heterocycles. The molecule has 0 aliphatic carbocycles. The fourth-order valence-electron chi connectivity index (χ4n) is 3.31. The number of hydrogen-bond acceptors (Lipinski definition) is 3. The molecule has 0 radical (unpaired) electrons. The van der Waals surface area contributed by atoms with Gasteiger partial charge >= 0.3 is 0 Å². The van der Waals surface area contributed by atoms with Crippen LogP contribution in [0.3, 0.4) is 0 Å². The van der Waals surface area contributed by atoms with Crippen molar-refractivity contribution >= 4 is 46.8 Å². The van der Waals surface area contributed by atoms with Crippen molar-refractivity contribution in [2.75, 3.05) is 12.3 Å². The van der Waals surface area contributed by atoms with Crippen molar-refractivity contribution in [3.05, 3.63) is 69.7 Å². The number of benzene rings is 2. The number of rotatable bonds is 12. The van der Waals surface area contributed by atoms with Crippen molar-refractivity contribution in [3.8, 4) is 0 Å². The van der Waals surface area contributed by atoms with Gasteiger partial charge in [-0.05, 0) is 49.4 Å². The number of amides is 2. The molecule has 2 amide bonds. The summed E-state index contributed by atoms with van der Waals surface area (Å²) in [7, 11) is 0. The largest absolute Gasteiger partial charge is 0.352 e. The van der Waals surface area contributed by atoms with Gasteiger partial charge in [0.2, 0.25) is 11.8 Å². The first kappa shape index (κ1) is 26.6. The SMILES string of the molecule is CCC(C)NC(=O)C(CC)N(CCc1ccccc1)C(=O)CSCc1ccc(Cl)c(Cl)c1. The monoisotopic (exact) mass is 494 g/mol. The Hall–Kier alpha value is -1.69. The lowest BCUT2D eigenvalue weighted by atomic mass is 10.1. The first-order valence-electron chi connectivity index (χ1n) is 11.0. The molecule has 32 heavy (non-hydrogen) atoms. The molecular weight excluding hydrogens is 463 g/mol. The van der Waals surface area contributed by atoms with Crippen LogP contribution < -0.4 is 5.32 Å². The van der Waals surface area contributed by atoms with Crippen molar-refractivity contribution < 1.29 is 9.59 Å². The van der Waals surface area contributed by atoms with Gasteiger partial charge in [0.1, 0.15) is 6.04 Å². The lowest BCUT2D eigenvalue weighted by Crippen LogP contribution is -2.52. The van der Waals surface area contributed by atoms with Crippen LogP contribution in [-0.4, -0.2) is 41.1 Å². The van der Waals surface area contributed by atoms with E-state index in [4.69, 9.17) is 23.2 Å². The highest BCUT2D eigenvalue weighted by Gasteiger charge is 2.28. The minimum absolute atomic E-state index is 0.0304. The highest BCUT2D eigenvalue weighted by atomic mass is 35.5. The Morgan fingerprint density at radius 3 is 2.34 bits per heavy atom. The summed E-state index contributed by atoms with van der Waals surface area (Å²) in [6.07, 6.45) is 2.12. The molecule has 0 fully saturated rings. The van der Waals surface area contributed by atoms with Crippen LogP contribution in [0.4, 0.5) is 0 Å². The number of halogens is 2. The third-order valence-electron chi connectivity index (χ3n) is 5.35. The normalized spacial score (nSPS) is 12.8. The van der Waals surface area contributed by atoms with E-state index in [-0.39, 0.29) is 17.9 Å². The average Bonchev–Trinajstić information content (AvgIpc) is 2.79. The second-order valence-electron chi connectivity index (χ2n) is 7.81. The van der Waals surface area contributed by atoms with Crippen molar-refractivity contribution in [3.63, 3.8) is 0 Å². The summed E-state index contributed by atoms with van der Waals surface area (Å²) in [6.45, 7) is 6.47. The van der Waals surface area contributed by atoms with Gasteiger partial charge in [0.25, 0.3) is 0 Å². The third kappa shape index (κ3) is 8.34. The van der Waals surface area contributed by atoms with Crippen molar-refractivity contribution in [2.45, 2.75) is 57.9 Å². The Labute approximate surface area is 206 Å². The number of carbonyl (C=O) groups excluding carboxylic acids is 2. The predicted molar refractivity (Wildman–Crippen MR) is 136 cm³/mol. The number of thioether (sulfide) groups is 1. The van der Waals surface area contributed by atoms with Gasteiger partial charge in [-0.3, -0.25) is 9.59 Å². The zero-order chi connectivity index (χ0) is 23.5. The Kier molecular flexibility index (Phi) is 11.4. The van der Waals surface area contributed by atoms with Gasteiger partial charge in [-0.1, -0.05) is 73.4 Å². The summed E-state index contributed by atoms with van der Waals surface area (Å²) in [5.41, 5.74) is 2.15. The molecule has 0 saturated heterocycles. The molecule has 4 nitrogen and oxygen atoms in total. The Balaban J connectivity index is 2.07. The van der Waals surface area contributed by atoms with E-state index in [1.54, 1.807) is 11.0 Å². The van der Waals surface area contributed by atoms with Gasteiger partial charge in [-0.15, -0.1) is 11.8 Å². The minimum atomic E-state index is -0.481. The fourth-order valence-corrected chi connectivity index (χ4v) is 4.48. The van der Waals surface area contributed by atoms with E-state index < -0.39 is 6.04 Å². The summed E-state index contributed by atoms with van der Waals surface area (Å²) in [5.74, 6) is 0.822. The first-order valence-corrected chi connectivity index (χ1v) is 12.9. The van der Waals surface area contributed by atoms with E-state index in [0.717, 1.165) is 17.5 Å². The third-order valence-corrected chi connectivity index (χ3v) is 7.08. The first-order chi connectivity index (χ1) is 15.3. The molecule has 2 aromatic carbocycles. The maximum Gasteiger partial charge on any atom is 0.243 e. The zero-order valence-corrected chi connectivity index (χ0v) is 21.3. The topological polar surface area (TPSA) is 49.4 Å². The van der Waals surface area contributed by atoms with Crippen LogP contribution in [0.1, 0.15) is 44.7 Å². The highest BCUT2D eigenvalue weighted by Crippen LogP contribution is 2.25. The molecule has 2 atom stereocenters. The van der Waals surface area contributed by atoms with E-state index in [1.807, 2.05) is 63.2 Å². The molecule has 2 aromatic rings. The van der Waals surface area contributed by atoms with Crippen LogP contribution in [0.5, 0.6) is 0 Å². The number of nitrogens with one attached hydrogen (secondary N) is 1. The van der Waals surface area contributed by atoms with Gasteiger partial charge < -0.3 is 10.2 Å². The van der Waals surface area contributed by atoms with Crippen molar-refractivity contribution in [1.82, 2.24) is 10.2 Å². The van der Waals surface area contributed by atoms with Crippen LogP contribution in [0.15, 0.2) is 48.5 Å². The molecule has 0 aliphatic rings. The van der Waals surface area contributed by atoms with E-state index in [2.05, 4.69) is 5.32 Å². The second-order valence-corrected chi connectivity index (χ2v) is 9.61. The van der Waals surface area contributed by atoms with Crippen molar-refractivity contribution in [2.24, 2.45) is 0 Å². The molecule has 2 unspecified atom stereocenters. The minimum Gasteiger partial charge on any atom is -0.352 e. The van der Waals surface area contributed by atoms with Gasteiger partial charge in [0.15, 0.2) is 0 Å². The molecule has 1 N–H and O–H groups in total. The smallest absolute Gasteiger partial charge is 0.243 e. The molecule has 0 saturated carbocycles. The second kappa shape index (κ2) is 13.8. The molecule has 0 heterocycles. The van der Waals surface area contributed by atoms with Crippen molar-refractivity contribution in [1.29, 1.82) is 0 Å². The summed E-state index contributed by atoms with van der Waals surface area (Å²) < 4.78 is 0. The van der Waals surface area contributed by atoms with Crippen LogP contribution in [0.2, 0.25) is 10.0 Å². The van der Waals surface area contributed by atoms with Crippen LogP contribution in [0, 0.1) is 0 Å². The summed E-state index contributed by atoms with van der Waals surface area (Å²) >= 11 is 13.6. The van der Waals surface area contributed by atoms with Crippen LogP contribution in [-0.2, 0) is 21.8 Å². The number of nitrogens with zero attached hydrogens (tertiary/aromatic N) is 1. The van der Waals surface area contributed by atoms with E-state index >= 15 is 0 Å². The summed E-state index contributed by atoms with van der Waals surface area (Å²) in [5, 5.41) is 4.06. The molecule has 0 spiro atoms.